The molecule has 1 aromatic carbocycles. The lowest BCUT2D eigenvalue weighted by Crippen LogP contribution is -2.26. The summed E-state index contributed by atoms with van der Waals surface area (Å²) in [6.45, 7) is 5.74. The van der Waals surface area contributed by atoms with Crippen LogP contribution in [0.2, 0.25) is 0 Å². The lowest BCUT2D eigenvalue weighted by atomic mass is 10.1. The molecule has 104 valence electrons. The molecule has 0 unspecified atom stereocenters. The van der Waals surface area contributed by atoms with Gasteiger partial charge in [-0.25, -0.2) is 0 Å². The summed E-state index contributed by atoms with van der Waals surface area (Å²) in [5.74, 6) is 1.97. The summed E-state index contributed by atoms with van der Waals surface area (Å²) in [5, 5.41) is 2.98. The number of hydrogen-bond donors (Lipinski definition) is 1. The Balaban J connectivity index is 1.70. The Morgan fingerprint density at radius 1 is 1.32 bits per heavy atom. The van der Waals surface area contributed by atoms with E-state index in [0.29, 0.717) is 11.8 Å². The van der Waals surface area contributed by atoms with E-state index in [-0.39, 0.29) is 5.91 Å². The fourth-order valence-corrected chi connectivity index (χ4v) is 1.84. The van der Waals surface area contributed by atoms with Gasteiger partial charge in [-0.3, -0.25) is 4.79 Å². The fourth-order valence-electron chi connectivity index (χ4n) is 1.84. The highest BCUT2D eigenvalue weighted by atomic mass is 16.5. The fraction of sp³-hybridized carbons (Fsp3) is 0.562. The predicted molar refractivity (Wildman–Crippen MR) is 76.2 cm³/mol. The molecule has 0 radical (unpaired) electrons. The summed E-state index contributed by atoms with van der Waals surface area (Å²) < 4.78 is 5.64. The van der Waals surface area contributed by atoms with Crippen molar-refractivity contribution in [1.29, 1.82) is 0 Å². The number of rotatable bonds is 7. The van der Waals surface area contributed by atoms with Gasteiger partial charge in [-0.15, -0.1) is 0 Å². The number of carbonyl (C=O) groups is 1. The zero-order chi connectivity index (χ0) is 13.7. The molecule has 1 aliphatic carbocycles. The summed E-state index contributed by atoms with van der Waals surface area (Å²) in [5.41, 5.74) is 1.23. The van der Waals surface area contributed by atoms with Crippen LogP contribution in [0.4, 0.5) is 0 Å². The topological polar surface area (TPSA) is 38.3 Å². The van der Waals surface area contributed by atoms with Crippen molar-refractivity contribution >= 4 is 5.91 Å². The van der Waals surface area contributed by atoms with Crippen molar-refractivity contribution in [3.63, 3.8) is 0 Å². The largest absolute Gasteiger partial charge is 0.493 e. The molecular formula is C16H23NO2. The standard InChI is InChI=1S/C16H23NO2/c1-12(2)11-19-15-7-3-13(4-8-15)9-10-17-16(18)14-5-6-14/h3-4,7-8,12,14H,5-6,9-11H2,1-2H3,(H,17,18). The first kappa shape index (κ1) is 13.9. The van der Waals surface area contributed by atoms with Crippen LogP contribution in [0.1, 0.15) is 32.3 Å². The van der Waals surface area contributed by atoms with Crippen molar-refractivity contribution in [1.82, 2.24) is 5.32 Å². The van der Waals surface area contributed by atoms with Gasteiger partial charge in [0, 0.05) is 12.5 Å². The van der Waals surface area contributed by atoms with Gasteiger partial charge in [0.2, 0.25) is 5.91 Å². The van der Waals surface area contributed by atoms with Crippen LogP contribution in [0.5, 0.6) is 5.75 Å². The molecule has 1 aromatic rings. The third-order valence-electron chi connectivity index (χ3n) is 3.17. The van der Waals surface area contributed by atoms with Crippen LogP contribution in [-0.4, -0.2) is 19.1 Å². The second-order valence-electron chi connectivity index (χ2n) is 5.66. The molecule has 1 N–H and O–H groups in total. The van der Waals surface area contributed by atoms with E-state index >= 15 is 0 Å². The molecule has 3 heteroatoms. The Kier molecular flexibility index (Phi) is 4.83. The molecule has 0 aliphatic heterocycles. The quantitative estimate of drug-likeness (QED) is 0.819. The highest BCUT2D eigenvalue weighted by Crippen LogP contribution is 2.28. The van der Waals surface area contributed by atoms with Gasteiger partial charge in [0.1, 0.15) is 5.75 Å². The number of carbonyl (C=O) groups excluding carboxylic acids is 1. The van der Waals surface area contributed by atoms with Gasteiger partial charge >= 0.3 is 0 Å². The average molecular weight is 261 g/mol. The van der Waals surface area contributed by atoms with Gasteiger partial charge in [0.15, 0.2) is 0 Å². The molecule has 1 aliphatic rings. The Hall–Kier alpha value is -1.51. The SMILES string of the molecule is CC(C)COc1ccc(CCNC(=O)C2CC2)cc1. The average Bonchev–Trinajstić information content (AvgIpc) is 3.22. The normalized spacial score (nSPS) is 14.5. The van der Waals surface area contributed by atoms with Gasteiger partial charge < -0.3 is 10.1 Å². The number of benzene rings is 1. The molecule has 0 spiro atoms. The van der Waals surface area contributed by atoms with Crippen LogP contribution in [-0.2, 0) is 11.2 Å². The molecule has 2 rings (SSSR count). The zero-order valence-electron chi connectivity index (χ0n) is 11.8. The van der Waals surface area contributed by atoms with Crippen LogP contribution in [0.25, 0.3) is 0 Å². The van der Waals surface area contributed by atoms with E-state index < -0.39 is 0 Å². The molecule has 1 fully saturated rings. The first-order valence-electron chi connectivity index (χ1n) is 7.14. The van der Waals surface area contributed by atoms with E-state index in [0.717, 1.165) is 38.2 Å². The van der Waals surface area contributed by atoms with Crippen LogP contribution >= 0.6 is 0 Å². The summed E-state index contributed by atoms with van der Waals surface area (Å²) >= 11 is 0. The van der Waals surface area contributed by atoms with Crippen molar-refractivity contribution < 1.29 is 9.53 Å². The summed E-state index contributed by atoms with van der Waals surface area (Å²) in [7, 11) is 0. The third kappa shape index (κ3) is 4.93. The second-order valence-corrected chi connectivity index (χ2v) is 5.66. The second kappa shape index (κ2) is 6.60. The van der Waals surface area contributed by atoms with E-state index in [1.165, 1.54) is 5.56 Å². The predicted octanol–water partition coefficient (Wildman–Crippen LogP) is 2.79. The number of amides is 1. The lowest BCUT2D eigenvalue weighted by molar-refractivity contribution is -0.122. The molecule has 0 aromatic heterocycles. The van der Waals surface area contributed by atoms with E-state index in [4.69, 9.17) is 4.74 Å². The van der Waals surface area contributed by atoms with Crippen LogP contribution in [0.3, 0.4) is 0 Å². The summed E-state index contributed by atoms with van der Waals surface area (Å²) in [6, 6.07) is 8.14. The Morgan fingerprint density at radius 3 is 2.58 bits per heavy atom. The minimum atomic E-state index is 0.219. The maximum absolute atomic E-state index is 11.5. The molecule has 1 saturated carbocycles. The van der Waals surface area contributed by atoms with Gasteiger partial charge in [0.25, 0.3) is 0 Å². The molecule has 0 heterocycles. The van der Waals surface area contributed by atoms with Gasteiger partial charge in [-0.2, -0.15) is 0 Å². The smallest absolute Gasteiger partial charge is 0.223 e. The van der Waals surface area contributed by atoms with Gasteiger partial charge in [-0.05, 0) is 42.9 Å². The van der Waals surface area contributed by atoms with E-state index in [2.05, 4.69) is 31.3 Å². The number of nitrogens with one attached hydrogen (secondary N) is 1. The molecular weight excluding hydrogens is 238 g/mol. The first-order valence-corrected chi connectivity index (χ1v) is 7.14. The van der Waals surface area contributed by atoms with Crippen LogP contribution in [0.15, 0.2) is 24.3 Å². The van der Waals surface area contributed by atoms with Crippen molar-refractivity contribution in [2.24, 2.45) is 11.8 Å². The van der Waals surface area contributed by atoms with Crippen molar-refractivity contribution in [2.45, 2.75) is 33.1 Å². The van der Waals surface area contributed by atoms with E-state index in [9.17, 15) is 4.79 Å². The lowest BCUT2D eigenvalue weighted by Gasteiger charge is -2.09. The van der Waals surface area contributed by atoms with Crippen LogP contribution < -0.4 is 10.1 Å². The molecule has 0 atom stereocenters. The Labute approximate surface area is 115 Å². The highest BCUT2D eigenvalue weighted by Gasteiger charge is 2.28. The zero-order valence-corrected chi connectivity index (χ0v) is 11.8. The van der Waals surface area contributed by atoms with Crippen molar-refractivity contribution in [3.05, 3.63) is 29.8 Å². The number of ether oxygens (including phenoxy) is 1. The Bertz CT molecular complexity index is 407. The highest BCUT2D eigenvalue weighted by molar-refractivity contribution is 5.80. The maximum atomic E-state index is 11.5. The van der Waals surface area contributed by atoms with Crippen LogP contribution in [0, 0.1) is 11.8 Å². The van der Waals surface area contributed by atoms with Crippen molar-refractivity contribution in [3.8, 4) is 5.75 Å². The molecule has 0 saturated heterocycles. The monoisotopic (exact) mass is 261 g/mol. The Morgan fingerprint density at radius 2 is 2.00 bits per heavy atom. The molecule has 19 heavy (non-hydrogen) atoms. The maximum Gasteiger partial charge on any atom is 0.223 e. The van der Waals surface area contributed by atoms with E-state index in [1.54, 1.807) is 0 Å². The third-order valence-corrected chi connectivity index (χ3v) is 3.17. The summed E-state index contributed by atoms with van der Waals surface area (Å²) in [4.78, 5) is 11.5. The molecule has 3 nitrogen and oxygen atoms in total. The molecule has 0 bridgehead atoms. The minimum absolute atomic E-state index is 0.219. The van der Waals surface area contributed by atoms with Gasteiger partial charge in [0.05, 0.1) is 6.61 Å². The summed E-state index contributed by atoms with van der Waals surface area (Å²) in [6.07, 6.45) is 3.00. The number of hydrogen-bond acceptors (Lipinski definition) is 2. The first-order chi connectivity index (χ1) is 9.15. The van der Waals surface area contributed by atoms with Gasteiger partial charge in [-0.1, -0.05) is 26.0 Å². The van der Waals surface area contributed by atoms with E-state index in [1.807, 2.05) is 12.1 Å². The minimum Gasteiger partial charge on any atom is -0.493 e. The molecule has 1 amide bonds. The van der Waals surface area contributed by atoms with Crippen molar-refractivity contribution in [2.75, 3.05) is 13.2 Å².